The van der Waals surface area contributed by atoms with Crippen LogP contribution in [0.3, 0.4) is 0 Å². The fourth-order valence-corrected chi connectivity index (χ4v) is 1.62. The number of aromatic nitrogens is 2. The third-order valence-electron chi connectivity index (χ3n) is 2.56. The molecule has 0 fully saturated rings. The molecule has 0 saturated carbocycles. The smallest absolute Gasteiger partial charge is 0.194 e. The van der Waals surface area contributed by atoms with Gasteiger partial charge in [-0.2, -0.15) is 5.10 Å². The monoisotopic (exact) mass is 237 g/mol. The second kappa shape index (κ2) is 3.97. The van der Waals surface area contributed by atoms with Gasteiger partial charge >= 0.3 is 0 Å². The van der Waals surface area contributed by atoms with Crippen LogP contribution in [0.5, 0.6) is 11.5 Å². The van der Waals surface area contributed by atoms with Crippen LogP contribution in [0.4, 0.5) is 10.2 Å². The number of hydrogen-bond acceptors (Lipinski definition) is 4. The topological polar surface area (TPSA) is 73.3 Å². The van der Waals surface area contributed by atoms with Gasteiger partial charge in [0.05, 0.1) is 13.3 Å². The van der Waals surface area contributed by atoms with Crippen molar-refractivity contribution in [2.24, 2.45) is 7.05 Å². The summed E-state index contributed by atoms with van der Waals surface area (Å²) in [5.74, 6) is -0.819. The molecule has 0 aliphatic carbocycles. The number of nitrogen functional groups attached to an aromatic ring is 1. The molecule has 0 spiro atoms. The summed E-state index contributed by atoms with van der Waals surface area (Å²) in [6.45, 7) is 0. The minimum absolute atomic E-state index is 0.0460. The van der Waals surface area contributed by atoms with Crippen LogP contribution in [-0.2, 0) is 7.05 Å². The highest BCUT2D eigenvalue weighted by Crippen LogP contribution is 2.40. The van der Waals surface area contributed by atoms with Crippen molar-refractivity contribution in [2.75, 3.05) is 12.8 Å². The number of halogens is 1. The van der Waals surface area contributed by atoms with Crippen molar-refractivity contribution in [1.82, 2.24) is 9.78 Å². The molecule has 0 unspecified atom stereocenters. The molecule has 0 aliphatic heterocycles. The molecule has 0 aliphatic rings. The Kier molecular flexibility index (Phi) is 2.63. The van der Waals surface area contributed by atoms with Crippen molar-refractivity contribution in [1.29, 1.82) is 0 Å². The zero-order chi connectivity index (χ0) is 12.6. The van der Waals surface area contributed by atoms with Crippen molar-refractivity contribution in [3.63, 3.8) is 0 Å². The fourth-order valence-electron chi connectivity index (χ4n) is 1.62. The Hall–Kier alpha value is -2.24. The summed E-state index contributed by atoms with van der Waals surface area (Å²) >= 11 is 0. The van der Waals surface area contributed by atoms with Crippen molar-refractivity contribution in [2.45, 2.75) is 0 Å². The van der Waals surface area contributed by atoms with Crippen molar-refractivity contribution in [3.05, 3.63) is 24.1 Å². The maximum absolute atomic E-state index is 13.2. The first-order valence-corrected chi connectivity index (χ1v) is 4.89. The molecule has 17 heavy (non-hydrogen) atoms. The molecule has 0 saturated heterocycles. The fraction of sp³-hybridized carbons (Fsp3) is 0.182. The maximum atomic E-state index is 13.2. The number of anilines is 1. The first kappa shape index (κ1) is 11.3. The average molecular weight is 237 g/mol. The van der Waals surface area contributed by atoms with Crippen LogP contribution in [0.25, 0.3) is 11.1 Å². The summed E-state index contributed by atoms with van der Waals surface area (Å²) in [5, 5.41) is 13.6. The van der Waals surface area contributed by atoms with E-state index < -0.39 is 11.6 Å². The Morgan fingerprint density at radius 1 is 1.41 bits per heavy atom. The summed E-state index contributed by atoms with van der Waals surface area (Å²) in [6.07, 6.45) is 1.53. The molecule has 6 heteroatoms. The minimum atomic E-state index is -0.743. The second-order valence-corrected chi connectivity index (χ2v) is 3.54. The Balaban J connectivity index is 2.68. The molecule has 0 atom stereocenters. The van der Waals surface area contributed by atoms with E-state index in [0.29, 0.717) is 16.9 Å². The van der Waals surface area contributed by atoms with E-state index in [1.165, 1.54) is 24.1 Å². The van der Waals surface area contributed by atoms with E-state index >= 15 is 0 Å². The molecule has 2 aromatic rings. The Morgan fingerprint density at radius 2 is 2.12 bits per heavy atom. The zero-order valence-electron chi connectivity index (χ0n) is 9.44. The largest absolute Gasteiger partial charge is 0.502 e. The molecule has 5 nitrogen and oxygen atoms in total. The predicted molar refractivity (Wildman–Crippen MR) is 61.2 cm³/mol. The predicted octanol–water partition coefficient (Wildman–Crippen LogP) is 1.52. The SMILES string of the molecule is COc1c(-c2cnn(C)c2N)ccc(F)c1O. The first-order valence-electron chi connectivity index (χ1n) is 4.89. The van der Waals surface area contributed by atoms with Crippen LogP contribution >= 0.6 is 0 Å². The van der Waals surface area contributed by atoms with Gasteiger partial charge < -0.3 is 15.6 Å². The molecule has 3 N–H and O–H groups in total. The molecule has 90 valence electrons. The van der Waals surface area contributed by atoms with Crippen LogP contribution in [0.15, 0.2) is 18.3 Å². The lowest BCUT2D eigenvalue weighted by molar-refractivity contribution is 0.358. The molecule has 1 aromatic heterocycles. The Bertz CT molecular complexity index is 566. The first-order chi connectivity index (χ1) is 8.06. The molecule has 1 aromatic carbocycles. The zero-order valence-corrected chi connectivity index (χ0v) is 9.44. The standard InChI is InChI=1S/C11H12FN3O2/c1-15-11(13)7(5-14-15)6-3-4-8(12)9(16)10(6)17-2/h3-5,16H,13H2,1-2H3. The number of hydrogen-bond donors (Lipinski definition) is 2. The van der Waals surface area contributed by atoms with Crippen LogP contribution in [0, 0.1) is 5.82 Å². The molecule has 1 heterocycles. The van der Waals surface area contributed by atoms with Gasteiger partial charge in [-0.05, 0) is 12.1 Å². The van der Waals surface area contributed by atoms with E-state index in [2.05, 4.69) is 5.10 Å². The lowest BCUT2D eigenvalue weighted by atomic mass is 10.1. The van der Waals surface area contributed by atoms with Gasteiger partial charge in [-0.1, -0.05) is 0 Å². The van der Waals surface area contributed by atoms with Gasteiger partial charge in [0, 0.05) is 18.2 Å². The number of nitrogens with two attached hydrogens (primary N) is 1. The number of phenolic OH excluding ortho intramolecular Hbond substituents is 1. The highest BCUT2D eigenvalue weighted by Gasteiger charge is 2.18. The lowest BCUT2D eigenvalue weighted by Crippen LogP contribution is -1.99. The number of ether oxygens (including phenoxy) is 1. The highest BCUT2D eigenvalue weighted by atomic mass is 19.1. The molecule has 0 bridgehead atoms. The number of nitrogens with zero attached hydrogens (tertiary/aromatic N) is 2. The third-order valence-corrected chi connectivity index (χ3v) is 2.56. The van der Waals surface area contributed by atoms with Crippen LogP contribution < -0.4 is 10.5 Å². The summed E-state index contributed by atoms with van der Waals surface area (Å²) in [7, 11) is 3.04. The van der Waals surface area contributed by atoms with Crippen LogP contribution in [0.1, 0.15) is 0 Å². The van der Waals surface area contributed by atoms with Gasteiger partial charge in [-0.15, -0.1) is 0 Å². The van der Waals surface area contributed by atoms with E-state index in [0.717, 1.165) is 6.07 Å². The lowest BCUT2D eigenvalue weighted by Gasteiger charge is -2.10. The van der Waals surface area contributed by atoms with Gasteiger partial charge in [-0.3, -0.25) is 4.68 Å². The minimum Gasteiger partial charge on any atom is -0.502 e. The number of aryl methyl sites for hydroxylation is 1. The third kappa shape index (κ3) is 1.67. The normalized spacial score (nSPS) is 10.5. The summed E-state index contributed by atoms with van der Waals surface area (Å²) in [5.41, 5.74) is 6.90. The van der Waals surface area contributed by atoms with Crippen molar-refractivity contribution < 1.29 is 14.2 Å². The molecular formula is C11H12FN3O2. The molecular weight excluding hydrogens is 225 g/mol. The number of phenols is 1. The quantitative estimate of drug-likeness (QED) is 0.830. The van der Waals surface area contributed by atoms with E-state index in [1.54, 1.807) is 7.05 Å². The summed E-state index contributed by atoms with van der Waals surface area (Å²) < 4.78 is 19.7. The van der Waals surface area contributed by atoms with Crippen molar-refractivity contribution >= 4 is 5.82 Å². The number of rotatable bonds is 2. The Morgan fingerprint density at radius 3 is 2.65 bits per heavy atom. The van der Waals surface area contributed by atoms with E-state index in [1.807, 2.05) is 0 Å². The number of benzene rings is 1. The molecule has 2 rings (SSSR count). The van der Waals surface area contributed by atoms with E-state index in [9.17, 15) is 9.50 Å². The number of aromatic hydroxyl groups is 1. The summed E-state index contributed by atoms with van der Waals surface area (Å²) in [4.78, 5) is 0. The number of methoxy groups -OCH3 is 1. The summed E-state index contributed by atoms with van der Waals surface area (Å²) in [6, 6.07) is 2.64. The maximum Gasteiger partial charge on any atom is 0.194 e. The molecule has 0 radical (unpaired) electrons. The molecule has 0 amide bonds. The van der Waals surface area contributed by atoms with Gasteiger partial charge in [-0.25, -0.2) is 4.39 Å². The van der Waals surface area contributed by atoms with Gasteiger partial charge in [0.25, 0.3) is 0 Å². The van der Waals surface area contributed by atoms with Gasteiger partial charge in [0.15, 0.2) is 17.3 Å². The van der Waals surface area contributed by atoms with E-state index in [4.69, 9.17) is 10.5 Å². The van der Waals surface area contributed by atoms with Crippen molar-refractivity contribution in [3.8, 4) is 22.6 Å². The average Bonchev–Trinajstić information content (AvgIpc) is 2.64. The van der Waals surface area contributed by atoms with Crippen LogP contribution in [-0.4, -0.2) is 22.0 Å². The Labute approximate surface area is 97.2 Å². The van der Waals surface area contributed by atoms with Gasteiger partial charge in [0.2, 0.25) is 0 Å². The van der Waals surface area contributed by atoms with Crippen LogP contribution in [0.2, 0.25) is 0 Å². The van der Waals surface area contributed by atoms with E-state index in [-0.39, 0.29) is 5.75 Å². The highest BCUT2D eigenvalue weighted by molar-refractivity contribution is 5.80. The second-order valence-electron chi connectivity index (χ2n) is 3.54. The van der Waals surface area contributed by atoms with Gasteiger partial charge in [0.1, 0.15) is 5.82 Å².